The van der Waals surface area contributed by atoms with E-state index < -0.39 is 11.4 Å². The van der Waals surface area contributed by atoms with Gasteiger partial charge in [-0.25, -0.2) is 4.39 Å². The van der Waals surface area contributed by atoms with E-state index in [0.717, 1.165) is 0 Å². The molecule has 0 amide bonds. The first-order valence-electron chi connectivity index (χ1n) is 6.13. The Morgan fingerprint density at radius 3 is 2.74 bits per heavy atom. The molecular weight excluding hydrogens is 249 g/mol. The normalized spacial score (nSPS) is 11.4. The molecule has 0 unspecified atom stereocenters. The molecular formula is C14H20FNO3. The lowest BCUT2D eigenvalue weighted by Gasteiger charge is -2.19. The predicted molar refractivity (Wildman–Crippen MR) is 70.7 cm³/mol. The van der Waals surface area contributed by atoms with Gasteiger partial charge < -0.3 is 15.2 Å². The van der Waals surface area contributed by atoms with Crippen LogP contribution in [0.15, 0.2) is 18.2 Å². The number of carboxylic acids is 1. The maximum Gasteiger partial charge on any atom is 0.309 e. The summed E-state index contributed by atoms with van der Waals surface area (Å²) in [4.78, 5) is 10.9. The van der Waals surface area contributed by atoms with Gasteiger partial charge in [0.2, 0.25) is 0 Å². The molecule has 0 aliphatic heterocycles. The van der Waals surface area contributed by atoms with Crippen molar-refractivity contribution in [2.24, 2.45) is 5.41 Å². The molecule has 1 aromatic rings. The van der Waals surface area contributed by atoms with Crippen molar-refractivity contribution in [1.82, 2.24) is 5.32 Å². The van der Waals surface area contributed by atoms with Crippen molar-refractivity contribution in [2.75, 3.05) is 13.7 Å². The van der Waals surface area contributed by atoms with Crippen LogP contribution in [0.25, 0.3) is 0 Å². The minimum absolute atomic E-state index is 0.300. The van der Waals surface area contributed by atoms with Crippen LogP contribution in [0.3, 0.4) is 0 Å². The first-order valence-corrected chi connectivity index (χ1v) is 6.13. The number of halogens is 1. The number of carbonyl (C=O) groups is 1. The molecule has 0 saturated heterocycles. The highest BCUT2D eigenvalue weighted by molar-refractivity contribution is 5.73. The van der Waals surface area contributed by atoms with E-state index in [2.05, 4.69) is 5.32 Å². The van der Waals surface area contributed by atoms with Crippen LogP contribution in [0.5, 0.6) is 5.75 Å². The zero-order chi connectivity index (χ0) is 14.5. The number of aliphatic carboxylic acids is 1. The Labute approximate surface area is 112 Å². The lowest BCUT2D eigenvalue weighted by molar-refractivity contribution is -0.147. The van der Waals surface area contributed by atoms with E-state index in [-0.39, 0.29) is 5.82 Å². The number of hydrogen-bond donors (Lipinski definition) is 2. The summed E-state index contributed by atoms with van der Waals surface area (Å²) in [5, 5.41) is 12.0. The van der Waals surface area contributed by atoms with Crippen LogP contribution in [0, 0.1) is 11.2 Å². The van der Waals surface area contributed by atoms with Crippen LogP contribution in [0.2, 0.25) is 0 Å². The molecule has 19 heavy (non-hydrogen) atoms. The Bertz CT molecular complexity index is 446. The van der Waals surface area contributed by atoms with Crippen molar-refractivity contribution >= 4 is 5.97 Å². The maximum absolute atomic E-state index is 13.5. The lowest BCUT2D eigenvalue weighted by Crippen LogP contribution is -2.29. The molecule has 0 fully saturated rings. The average molecular weight is 269 g/mol. The van der Waals surface area contributed by atoms with Crippen LogP contribution >= 0.6 is 0 Å². The smallest absolute Gasteiger partial charge is 0.309 e. The van der Waals surface area contributed by atoms with Crippen LogP contribution in [0.4, 0.5) is 4.39 Å². The summed E-state index contributed by atoms with van der Waals surface area (Å²) >= 11 is 0. The van der Waals surface area contributed by atoms with Crippen molar-refractivity contribution in [3.05, 3.63) is 29.6 Å². The summed E-state index contributed by atoms with van der Waals surface area (Å²) in [7, 11) is 1.53. The van der Waals surface area contributed by atoms with Gasteiger partial charge in [-0.1, -0.05) is 0 Å². The van der Waals surface area contributed by atoms with Crippen molar-refractivity contribution < 1.29 is 19.0 Å². The van der Waals surface area contributed by atoms with Gasteiger partial charge in [0.05, 0.1) is 12.5 Å². The molecule has 5 heteroatoms. The van der Waals surface area contributed by atoms with E-state index >= 15 is 0 Å². The quantitative estimate of drug-likeness (QED) is 0.746. The Morgan fingerprint density at radius 2 is 2.16 bits per heavy atom. The van der Waals surface area contributed by atoms with Gasteiger partial charge in [0.25, 0.3) is 0 Å². The standard InChI is InChI=1S/C14H20FNO3/c1-14(2,13(17)18)6-7-16-9-10-8-11(19-3)4-5-12(10)15/h4-5,8,16H,6-7,9H2,1-3H3,(H,17,18). The van der Waals surface area contributed by atoms with Crippen molar-refractivity contribution in [3.63, 3.8) is 0 Å². The molecule has 0 radical (unpaired) electrons. The number of benzene rings is 1. The van der Waals surface area contributed by atoms with E-state index in [9.17, 15) is 9.18 Å². The maximum atomic E-state index is 13.5. The average Bonchev–Trinajstić information content (AvgIpc) is 2.36. The highest BCUT2D eigenvalue weighted by atomic mass is 19.1. The van der Waals surface area contributed by atoms with E-state index in [1.54, 1.807) is 26.0 Å². The molecule has 0 heterocycles. The molecule has 0 aliphatic carbocycles. The Hall–Kier alpha value is -1.62. The minimum Gasteiger partial charge on any atom is -0.497 e. The molecule has 0 spiro atoms. The van der Waals surface area contributed by atoms with E-state index in [1.807, 2.05) is 0 Å². The zero-order valence-corrected chi connectivity index (χ0v) is 11.5. The second-order valence-corrected chi connectivity index (χ2v) is 5.07. The van der Waals surface area contributed by atoms with Gasteiger partial charge in [-0.15, -0.1) is 0 Å². The summed E-state index contributed by atoms with van der Waals surface area (Å²) in [6.07, 6.45) is 0.480. The number of hydrogen-bond acceptors (Lipinski definition) is 3. The number of ether oxygens (including phenoxy) is 1. The molecule has 4 nitrogen and oxygen atoms in total. The van der Waals surface area contributed by atoms with Gasteiger partial charge in [0.15, 0.2) is 0 Å². The second kappa shape index (κ2) is 6.52. The van der Waals surface area contributed by atoms with Gasteiger partial charge in [0, 0.05) is 12.1 Å². The predicted octanol–water partition coefficient (Wildman–Crippen LogP) is 2.42. The van der Waals surface area contributed by atoms with Crippen molar-refractivity contribution in [1.29, 1.82) is 0 Å². The summed E-state index contributed by atoms with van der Waals surface area (Å²) < 4.78 is 18.5. The van der Waals surface area contributed by atoms with Crippen LogP contribution in [-0.4, -0.2) is 24.7 Å². The number of carboxylic acid groups (broad SMARTS) is 1. The molecule has 1 aromatic carbocycles. The second-order valence-electron chi connectivity index (χ2n) is 5.07. The molecule has 0 aliphatic rings. The minimum atomic E-state index is -0.832. The third-order valence-corrected chi connectivity index (χ3v) is 3.07. The fourth-order valence-electron chi connectivity index (χ4n) is 1.54. The molecule has 0 aromatic heterocycles. The molecule has 0 bridgehead atoms. The van der Waals surface area contributed by atoms with Gasteiger partial charge in [-0.2, -0.15) is 0 Å². The lowest BCUT2D eigenvalue weighted by atomic mass is 9.90. The molecule has 1 rings (SSSR count). The number of rotatable bonds is 7. The van der Waals surface area contributed by atoms with Gasteiger partial charge in [-0.3, -0.25) is 4.79 Å². The van der Waals surface area contributed by atoms with E-state index in [1.165, 1.54) is 13.2 Å². The zero-order valence-electron chi connectivity index (χ0n) is 11.5. The SMILES string of the molecule is COc1ccc(F)c(CNCCC(C)(C)C(=O)O)c1. The summed E-state index contributed by atoms with van der Waals surface area (Å²) in [6.45, 7) is 4.20. The first-order chi connectivity index (χ1) is 8.86. The summed E-state index contributed by atoms with van der Waals surface area (Å²) in [5.74, 6) is -0.531. The molecule has 106 valence electrons. The van der Waals surface area contributed by atoms with Crippen molar-refractivity contribution in [2.45, 2.75) is 26.8 Å². The third kappa shape index (κ3) is 4.52. The highest BCUT2D eigenvalue weighted by Crippen LogP contribution is 2.20. The number of methoxy groups -OCH3 is 1. The van der Waals surface area contributed by atoms with E-state index in [0.29, 0.717) is 30.8 Å². The molecule has 2 N–H and O–H groups in total. The van der Waals surface area contributed by atoms with Gasteiger partial charge in [0.1, 0.15) is 11.6 Å². The monoisotopic (exact) mass is 269 g/mol. The van der Waals surface area contributed by atoms with Crippen molar-refractivity contribution in [3.8, 4) is 5.75 Å². The Balaban J connectivity index is 2.48. The summed E-state index contributed by atoms with van der Waals surface area (Å²) in [6, 6.07) is 4.55. The largest absolute Gasteiger partial charge is 0.497 e. The first kappa shape index (κ1) is 15.4. The van der Waals surface area contributed by atoms with Crippen LogP contribution in [-0.2, 0) is 11.3 Å². The Kier molecular flexibility index (Phi) is 5.30. The van der Waals surface area contributed by atoms with E-state index in [4.69, 9.17) is 9.84 Å². The highest BCUT2D eigenvalue weighted by Gasteiger charge is 2.26. The fraction of sp³-hybridized carbons (Fsp3) is 0.500. The number of nitrogens with one attached hydrogen (secondary N) is 1. The summed E-state index contributed by atoms with van der Waals surface area (Å²) in [5.41, 5.74) is -0.271. The Morgan fingerprint density at radius 1 is 1.47 bits per heavy atom. The van der Waals surface area contributed by atoms with Gasteiger partial charge >= 0.3 is 5.97 Å². The molecule has 0 saturated carbocycles. The van der Waals surface area contributed by atoms with Gasteiger partial charge in [-0.05, 0) is 45.0 Å². The molecule has 0 atom stereocenters. The fourth-order valence-corrected chi connectivity index (χ4v) is 1.54. The van der Waals surface area contributed by atoms with Crippen LogP contribution < -0.4 is 10.1 Å². The third-order valence-electron chi connectivity index (χ3n) is 3.07. The topological polar surface area (TPSA) is 58.6 Å². The van der Waals surface area contributed by atoms with Crippen LogP contribution in [0.1, 0.15) is 25.8 Å².